The van der Waals surface area contributed by atoms with Gasteiger partial charge >= 0.3 is 0 Å². The van der Waals surface area contributed by atoms with Crippen molar-refractivity contribution in [2.45, 2.75) is 6.54 Å². The Balaban J connectivity index is 1.87. The Bertz CT molecular complexity index is 847. The highest BCUT2D eigenvalue weighted by Gasteiger charge is 2.20. The first-order chi connectivity index (χ1) is 10.6. The van der Waals surface area contributed by atoms with Crippen molar-refractivity contribution in [3.63, 3.8) is 0 Å². The molecule has 0 saturated heterocycles. The number of rotatable bonds is 3. The molecule has 0 saturated carbocycles. The summed E-state index contributed by atoms with van der Waals surface area (Å²) in [6.45, 7) is 0.394. The molecule has 2 heterocycles. The van der Waals surface area contributed by atoms with E-state index in [-0.39, 0.29) is 11.7 Å². The second kappa shape index (κ2) is 5.94. The van der Waals surface area contributed by atoms with Gasteiger partial charge in [-0.2, -0.15) is 0 Å². The Morgan fingerprint density at radius 1 is 1.36 bits per heavy atom. The van der Waals surface area contributed by atoms with E-state index in [1.165, 1.54) is 11.3 Å². The van der Waals surface area contributed by atoms with Gasteiger partial charge in [0.1, 0.15) is 15.5 Å². The molecule has 4 nitrogen and oxygen atoms in total. The number of halogens is 1. The lowest BCUT2D eigenvalue weighted by atomic mass is 10.2. The highest BCUT2D eigenvalue weighted by Crippen LogP contribution is 2.34. The summed E-state index contributed by atoms with van der Waals surface area (Å²) in [5.41, 5.74) is 0.853. The van der Waals surface area contributed by atoms with Crippen molar-refractivity contribution < 1.29 is 9.90 Å². The first-order valence-corrected chi connectivity index (χ1v) is 7.82. The van der Waals surface area contributed by atoms with Crippen LogP contribution in [0.5, 0.6) is 5.75 Å². The number of aromatic hydroxyl groups is 1. The molecule has 0 fully saturated rings. The number of hydrogen-bond acceptors (Lipinski definition) is 4. The maximum absolute atomic E-state index is 12.6. The van der Waals surface area contributed by atoms with E-state index >= 15 is 0 Å². The number of pyridine rings is 1. The quantitative estimate of drug-likeness (QED) is 0.790. The fraction of sp³-hybridized carbons (Fsp3) is 0.125. The van der Waals surface area contributed by atoms with Gasteiger partial charge in [0.15, 0.2) is 0 Å². The Kier molecular flexibility index (Phi) is 4.00. The molecular formula is C16H13ClN2O2S. The van der Waals surface area contributed by atoms with Gasteiger partial charge in [-0.3, -0.25) is 4.79 Å². The van der Waals surface area contributed by atoms with Gasteiger partial charge in [0.25, 0.3) is 5.91 Å². The zero-order valence-electron chi connectivity index (χ0n) is 11.8. The van der Waals surface area contributed by atoms with Gasteiger partial charge in [0.05, 0.1) is 5.02 Å². The van der Waals surface area contributed by atoms with Crippen LogP contribution in [0, 0.1) is 0 Å². The molecule has 1 N–H and O–H groups in total. The van der Waals surface area contributed by atoms with E-state index in [0.29, 0.717) is 16.4 Å². The van der Waals surface area contributed by atoms with Gasteiger partial charge in [0, 0.05) is 25.2 Å². The summed E-state index contributed by atoms with van der Waals surface area (Å²) < 4.78 is 0. The van der Waals surface area contributed by atoms with E-state index in [2.05, 4.69) is 4.98 Å². The number of carbonyl (C=O) groups is 1. The van der Waals surface area contributed by atoms with E-state index in [9.17, 15) is 9.90 Å². The first-order valence-electron chi connectivity index (χ1n) is 6.62. The van der Waals surface area contributed by atoms with Gasteiger partial charge in [-0.15, -0.1) is 11.3 Å². The summed E-state index contributed by atoms with van der Waals surface area (Å²) in [7, 11) is 1.71. The molecule has 112 valence electrons. The Labute approximate surface area is 136 Å². The molecule has 0 aliphatic rings. The third kappa shape index (κ3) is 2.77. The summed E-state index contributed by atoms with van der Waals surface area (Å²) in [6, 6.07) is 10.5. The normalized spacial score (nSPS) is 10.8. The van der Waals surface area contributed by atoms with Crippen molar-refractivity contribution in [3.05, 3.63) is 58.1 Å². The summed E-state index contributed by atoms with van der Waals surface area (Å²) in [4.78, 5) is 19.6. The zero-order chi connectivity index (χ0) is 15.7. The number of hydrogen-bond donors (Lipinski definition) is 1. The number of amides is 1. The van der Waals surface area contributed by atoms with Crippen molar-refractivity contribution in [1.29, 1.82) is 0 Å². The number of carbonyl (C=O) groups excluding carboxylic acids is 1. The van der Waals surface area contributed by atoms with Crippen LogP contribution in [0.1, 0.15) is 15.2 Å². The maximum Gasteiger partial charge on any atom is 0.265 e. The molecule has 0 spiro atoms. The van der Waals surface area contributed by atoms with Crippen molar-refractivity contribution in [2.24, 2.45) is 0 Å². The third-order valence-electron chi connectivity index (χ3n) is 3.28. The lowest BCUT2D eigenvalue weighted by molar-refractivity contribution is 0.0790. The average Bonchev–Trinajstić information content (AvgIpc) is 2.84. The Hall–Kier alpha value is -2.11. The zero-order valence-corrected chi connectivity index (χ0v) is 13.4. The molecule has 1 amide bonds. The minimum Gasteiger partial charge on any atom is -0.508 e. The fourth-order valence-electron chi connectivity index (χ4n) is 2.21. The number of thiophene rings is 1. The number of phenolic OH excluding ortho intramolecular Hbond substituents is 1. The van der Waals surface area contributed by atoms with E-state index in [1.807, 2.05) is 12.1 Å². The minimum absolute atomic E-state index is 0.156. The standard InChI is InChI=1S/C16H13ClN2O2S/c1-19(9-10-4-2-5-11(20)8-10)16(21)14-13(17)12-6-3-7-18-15(12)22-14/h2-8,20H,9H2,1H3. The van der Waals surface area contributed by atoms with Crippen molar-refractivity contribution >= 4 is 39.1 Å². The average molecular weight is 333 g/mol. The Morgan fingerprint density at radius 3 is 2.91 bits per heavy atom. The molecule has 1 aromatic carbocycles. The molecule has 0 atom stereocenters. The molecule has 3 rings (SSSR count). The molecule has 0 aliphatic heterocycles. The number of benzene rings is 1. The number of fused-ring (bicyclic) bond motifs is 1. The van der Waals surface area contributed by atoms with Crippen LogP contribution >= 0.6 is 22.9 Å². The van der Waals surface area contributed by atoms with Crippen LogP contribution < -0.4 is 0 Å². The summed E-state index contributed by atoms with van der Waals surface area (Å²) in [6.07, 6.45) is 1.68. The van der Waals surface area contributed by atoms with Gasteiger partial charge < -0.3 is 10.0 Å². The minimum atomic E-state index is -0.156. The topological polar surface area (TPSA) is 53.4 Å². The fourth-order valence-corrected chi connectivity index (χ4v) is 3.65. The highest BCUT2D eigenvalue weighted by molar-refractivity contribution is 7.21. The van der Waals surface area contributed by atoms with Crippen LogP contribution in [0.3, 0.4) is 0 Å². The van der Waals surface area contributed by atoms with Crippen molar-refractivity contribution in [3.8, 4) is 5.75 Å². The molecule has 0 bridgehead atoms. The maximum atomic E-state index is 12.6. The van der Waals surface area contributed by atoms with Gasteiger partial charge in [-0.05, 0) is 29.8 Å². The van der Waals surface area contributed by atoms with Crippen LogP contribution in [0.25, 0.3) is 10.2 Å². The number of phenols is 1. The van der Waals surface area contributed by atoms with Crippen LogP contribution in [-0.2, 0) is 6.54 Å². The molecule has 2 aromatic heterocycles. The predicted octanol–water partition coefficient (Wildman–Crippen LogP) is 3.93. The second-order valence-electron chi connectivity index (χ2n) is 4.93. The molecule has 0 aliphatic carbocycles. The lowest BCUT2D eigenvalue weighted by Crippen LogP contribution is -2.25. The van der Waals surface area contributed by atoms with Gasteiger partial charge in [0.2, 0.25) is 0 Å². The van der Waals surface area contributed by atoms with Crippen LogP contribution in [0.15, 0.2) is 42.6 Å². The van der Waals surface area contributed by atoms with E-state index in [4.69, 9.17) is 11.6 Å². The molecule has 0 radical (unpaired) electrons. The second-order valence-corrected chi connectivity index (χ2v) is 6.31. The SMILES string of the molecule is CN(Cc1cccc(O)c1)C(=O)c1sc2ncccc2c1Cl. The van der Waals surface area contributed by atoms with E-state index in [0.717, 1.165) is 15.8 Å². The van der Waals surface area contributed by atoms with Gasteiger partial charge in [-0.1, -0.05) is 23.7 Å². The van der Waals surface area contributed by atoms with E-state index in [1.54, 1.807) is 42.4 Å². The third-order valence-corrected chi connectivity index (χ3v) is 4.88. The van der Waals surface area contributed by atoms with Crippen molar-refractivity contribution in [1.82, 2.24) is 9.88 Å². The largest absolute Gasteiger partial charge is 0.508 e. The predicted molar refractivity (Wildman–Crippen MR) is 88.5 cm³/mol. The van der Waals surface area contributed by atoms with Crippen molar-refractivity contribution in [2.75, 3.05) is 7.05 Å². The number of nitrogens with zero attached hydrogens (tertiary/aromatic N) is 2. The smallest absolute Gasteiger partial charge is 0.265 e. The van der Waals surface area contributed by atoms with Crippen LogP contribution in [0.4, 0.5) is 0 Å². The lowest BCUT2D eigenvalue weighted by Gasteiger charge is -2.16. The van der Waals surface area contributed by atoms with Crippen LogP contribution in [0.2, 0.25) is 5.02 Å². The monoisotopic (exact) mass is 332 g/mol. The summed E-state index contributed by atoms with van der Waals surface area (Å²) >= 11 is 7.60. The molecule has 0 unspecified atom stereocenters. The van der Waals surface area contributed by atoms with Gasteiger partial charge in [-0.25, -0.2) is 4.98 Å². The first kappa shape index (κ1) is 14.8. The molecule has 22 heavy (non-hydrogen) atoms. The highest BCUT2D eigenvalue weighted by atomic mass is 35.5. The molecular weight excluding hydrogens is 320 g/mol. The summed E-state index contributed by atoms with van der Waals surface area (Å²) in [5, 5.41) is 10.7. The van der Waals surface area contributed by atoms with E-state index < -0.39 is 0 Å². The molecule has 3 aromatic rings. The van der Waals surface area contributed by atoms with Crippen LogP contribution in [-0.4, -0.2) is 27.9 Å². The Morgan fingerprint density at radius 2 is 2.18 bits per heavy atom. The summed E-state index contributed by atoms with van der Waals surface area (Å²) in [5.74, 6) is 0.0267. The molecule has 6 heteroatoms. The number of aromatic nitrogens is 1.